The van der Waals surface area contributed by atoms with E-state index in [2.05, 4.69) is 47.8 Å². The summed E-state index contributed by atoms with van der Waals surface area (Å²) in [5, 5.41) is 6.20. The molecule has 2 aromatic rings. The van der Waals surface area contributed by atoms with Crippen LogP contribution in [0.15, 0.2) is 42.5 Å². The Hall–Kier alpha value is -1.38. The lowest BCUT2D eigenvalue weighted by molar-refractivity contribution is 0.132. The Morgan fingerprint density at radius 2 is 1.94 bits per heavy atom. The van der Waals surface area contributed by atoms with E-state index in [0.717, 1.165) is 26.2 Å². The largest absolute Gasteiger partial charge is 0.379 e. The molecule has 2 nitrogen and oxygen atoms in total. The van der Waals surface area contributed by atoms with E-state index in [1.165, 1.54) is 16.3 Å². The molecule has 1 heterocycles. The average Bonchev–Trinajstić information content (AvgIpc) is 2.67. The quantitative estimate of drug-likeness (QED) is 0.808. The zero-order valence-electron chi connectivity index (χ0n) is 9.86. The summed E-state index contributed by atoms with van der Waals surface area (Å²) < 4.78 is 5.65. The van der Waals surface area contributed by atoms with Crippen molar-refractivity contribution >= 4 is 10.8 Å². The number of ether oxygens (including phenoxy) is 1. The molecule has 0 amide bonds. The van der Waals surface area contributed by atoms with E-state index >= 15 is 0 Å². The van der Waals surface area contributed by atoms with E-state index in [1.807, 2.05) is 0 Å². The van der Waals surface area contributed by atoms with Gasteiger partial charge in [0.05, 0.1) is 12.6 Å². The minimum Gasteiger partial charge on any atom is -0.379 e. The van der Waals surface area contributed by atoms with Gasteiger partial charge in [-0.15, -0.1) is 0 Å². The molecule has 1 saturated heterocycles. The van der Waals surface area contributed by atoms with E-state index in [1.54, 1.807) is 0 Å². The summed E-state index contributed by atoms with van der Waals surface area (Å²) in [5.74, 6) is 0. The van der Waals surface area contributed by atoms with Gasteiger partial charge in [-0.1, -0.05) is 42.5 Å². The van der Waals surface area contributed by atoms with Crippen molar-refractivity contribution in [1.82, 2.24) is 5.32 Å². The molecule has 1 atom stereocenters. The van der Waals surface area contributed by atoms with E-state index in [4.69, 9.17) is 4.74 Å². The Morgan fingerprint density at radius 3 is 2.94 bits per heavy atom. The fourth-order valence-corrected chi connectivity index (χ4v) is 2.46. The maximum atomic E-state index is 5.65. The van der Waals surface area contributed by atoms with Crippen molar-refractivity contribution in [2.45, 2.75) is 12.5 Å². The van der Waals surface area contributed by atoms with Gasteiger partial charge in [0.15, 0.2) is 0 Å². The molecule has 0 spiro atoms. The molecule has 88 valence electrons. The highest BCUT2D eigenvalue weighted by molar-refractivity contribution is 5.86. The van der Waals surface area contributed by atoms with Crippen LogP contribution in [0.1, 0.15) is 18.0 Å². The molecule has 2 aromatic carbocycles. The zero-order valence-corrected chi connectivity index (χ0v) is 9.86. The highest BCUT2D eigenvalue weighted by Gasteiger charge is 2.15. The highest BCUT2D eigenvalue weighted by Crippen LogP contribution is 2.25. The first kappa shape index (κ1) is 10.8. The summed E-state index contributed by atoms with van der Waals surface area (Å²) >= 11 is 0. The van der Waals surface area contributed by atoms with Crippen LogP contribution in [0.4, 0.5) is 0 Å². The number of benzene rings is 2. The van der Waals surface area contributed by atoms with E-state index in [9.17, 15) is 0 Å². The molecule has 17 heavy (non-hydrogen) atoms. The predicted molar refractivity (Wildman–Crippen MR) is 70.1 cm³/mol. The third-order valence-electron chi connectivity index (χ3n) is 3.34. The fourth-order valence-electron chi connectivity index (χ4n) is 2.46. The third kappa shape index (κ3) is 2.19. The Kier molecular flexibility index (Phi) is 3.08. The van der Waals surface area contributed by atoms with Gasteiger partial charge in [-0.05, 0) is 29.3 Å². The van der Waals surface area contributed by atoms with Crippen LogP contribution < -0.4 is 5.32 Å². The first-order chi connectivity index (χ1) is 8.45. The van der Waals surface area contributed by atoms with Crippen LogP contribution in [0.25, 0.3) is 10.8 Å². The van der Waals surface area contributed by atoms with Crippen LogP contribution in [0.5, 0.6) is 0 Å². The van der Waals surface area contributed by atoms with Gasteiger partial charge in [0.2, 0.25) is 0 Å². The van der Waals surface area contributed by atoms with Crippen LogP contribution in [-0.4, -0.2) is 19.8 Å². The maximum Gasteiger partial charge on any atom is 0.0661 e. The maximum absolute atomic E-state index is 5.65. The second kappa shape index (κ2) is 4.86. The summed E-state index contributed by atoms with van der Waals surface area (Å²) in [7, 11) is 0. The van der Waals surface area contributed by atoms with Crippen molar-refractivity contribution in [2.24, 2.45) is 0 Å². The van der Waals surface area contributed by atoms with Gasteiger partial charge in [0.25, 0.3) is 0 Å². The van der Waals surface area contributed by atoms with Gasteiger partial charge in [-0.25, -0.2) is 0 Å². The molecule has 0 bridgehead atoms. The number of fused-ring (bicyclic) bond motifs is 1. The van der Waals surface area contributed by atoms with Crippen LogP contribution >= 0.6 is 0 Å². The molecule has 2 heteroatoms. The Morgan fingerprint density at radius 1 is 1.06 bits per heavy atom. The van der Waals surface area contributed by atoms with Gasteiger partial charge < -0.3 is 10.1 Å². The topological polar surface area (TPSA) is 21.3 Å². The molecule has 1 fully saturated rings. The van der Waals surface area contributed by atoms with Gasteiger partial charge in [-0.2, -0.15) is 0 Å². The molecule has 1 aliphatic rings. The summed E-state index contributed by atoms with van der Waals surface area (Å²) in [4.78, 5) is 0. The molecule has 1 unspecified atom stereocenters. The summed E-state index contributed by atoms with van der Waals surface area (Å²) in [6, 6.07) is 15.4. The van der Waals surface area contributed by atoms with Crippen molar-refractivity contribution in [3.63, 3.8) is 0 Å². The lowest BCUT2D eigenvalue weighted by atomic mass is 9.99. The smallest absolute Gasteiger partial charge is 0.0661 e. The number of nitrogens with one attached hydrogen (secondary N) is 1. The lowest BCUT2D eigenvalue weighted by Gasteiger charge is -2.17. The molecule has 3 rings (SSSR count). The molecule has 1 N–H and O–H groups in total. The lowest BCUT2D eigenvalue weighted by Crippen LogP contribution is -2.23. The Bertz CT molecular complexity index is 496. The zero-order chi connectivity index (χ0) is 11.5. The summed E-state index contributed by atoms with van der Waals surface area (Å²) in [5.41, 5.74) is 1.35. The second-order valence-corrected chi connectivity index (χ2v) is 4.50. The van der Waals surface area contributed by atoms with Crippen LogP contribution in [0.2, 0.25) is 0 Å². The van der Waals surface area contributed by atoms with Crippen molar-refractivity contribution in [1.29, 1.82) is 0 Å². The molecule has 0 radical (unpaired) electrons. The van der Waals surface area contributed by atoms with Crippen molar-refractivity contribution < 1.29 is 4.74 Å². The van der Waals surface area contributed by atoms with Gasteiger partial charge in [0, 0.05) is 6.61 Å². The Labute approximate surface area is 102 Å². The SMILES string of the molecule is c1ccc2c(C3COCCCN3)cccc2c1. The summed E-state index contributed by atoms with van der Waals surface area (Å²) in [6.45, 7) is 2.68. The summed E-state index contributed by atoms with van der Waals surface area (Å²) in [6.07, 6.45) is 1.10. The van der Waals surface area contributed by atoms with E-state index in [0.29, 0.717) is 6.04 Å². The van der Waals surface area contributed by atoms with Crippen molar-refractivity contribution in [3.8, 4) is 0 Å². The minimum absolute atomic E-state index is 0.323. The molecule has 0 aliphatic carbocycles. The minimum atomic E-state index is 0.323. The van der Waals surface area contributed by atoms with Gasteiger partial charge in [-0.3, -0.25) is 0 Å². The van der Waals surface area contributed by atoms with E-state index < -0.39 is 0 Å². The number of hydrogen-bond donors (Lipinski definition) is 1. The molecule has 0 saturated carbocycles. The van der Waals surface area contributed by atoms with Crippen molar-refractivity contribution in [2.75, 3.05) is 19.8 Å². The second-order valence-electron chi connectivity index (χ2n) is 4.50. The molecule has 0 aromatic heterocycles. The molecular formula is C15H17NO. The Balaban J connectivity index is 2.03. The normalized spacial score (nSPS) is 21.3. The first-order valence-corrected chi connectivity index (χ1v) is 6.24. The average molecular weight is 227 g/mol. The number of hydrogen-bond acceptors (Lipinski definition) is 2. The number of rotatable bonds is 1. The predicted octanol–water partition coefficient (Wildman–Crippen LogP) is 2.89. The first-order valence-electron chi connectivity index (χ1n) is 6.24. The van der Waals surface area contributed by atoms with E-state index in [-0.39, 0.29) is 0 Å². The van der Waals surface area contributed by atoms with Crippen LogP contribution in [-0.2, 0) is 4.74 Å². The van der Waals surface area contributed by atoms with Crippen LogP contribution in [0.3, 0.4) is 0 Å². The molecule has 1 aliphatic heterocycles. The highest BCUT2D eigenvalue weighted by atomic mass is 16.5. The van der Waals surface area contributed by atoms with Crippen molar-refractivity contribution in [3.05, 3.63) is 48.0 Å². The standard InChI is InChI=1S/C15H17NO/c1-2-7-13-12(5-1)6-3-8-14(13)15-11-17-10-4-9-16-15/h1-3,5-8,15-16H,4,9-11H2. The molecular weight excluding hydrogens is 210 g/mol. The third-order valence-corrected chi connectivity index (χ3v) is 3.34. The van der Waals surface area contributed by atoms with Gasteiger partial charge >= 0.3 is 0 Å². The monoisotopic (exact) mass is 227 g/mol. The van der Waals surface area contributed by atoms with Gasteiger partial charge in [0.1, 0.15) is 0 Å². The van der Waals surface area contributed by atoms with Crippen LogP contribution in [0, 0.1) is 0 Å². The fraction of sp³-hybridized carbons (Fsp3) is 0.333.